The van der Waals surface area contributed by atoms with Gasteiger partial charge in [-0.3, -0.25) is 0 Å². The molecule has 96 valence electrons. The molecule has 0 aliphatic rings. The number of ether oxygens (including phenoxy) is 1. The molecule has 0 aliphatic heterocycles. The molecule has 0 fully saturated rings. The number of para-hydroxylation sites is 1. The summed E-state index contributed by atoms with van der Waals surface area (Å²) in [6.07, 6.45) is 0. The van der Waals surface area contributed by atoms with E-state index in [0.29, 0.717) is 5.75 Å². The minimum Gasteiger partial charge on any atom is -0.457 e. The Labute approximate surface area is 112 Å². The first-order valence-electron chi connectivity index (χ1n) is 5.44. The summed E-state index contributed by atoms with van der Waals surface area (Å²) in [6.45, 7) is -0.575. The van der Waals surface area contributed by atoms with E-state index >= 15 is 0 Å². The standard InChI is InChI=1S/C14H14FNO.ClH/c15-10-14(16)11-5-4-8-13(9-11)17-12-6-2-1-3-7-12;/h1-9,14H,10,16H2;1H/t14-;/m1./s1. The van der Waals surface area contributed by atoms with E-state index in [2.05, 4.69) is 0 Å². The average molecular weight is 268 g/mol. The fraction of sp³-hybridized carbons (Fsp3) is 0.143. The quantitative estimate of drug-likeness (QED) is 0.913. The molecule has 2 aromatic carbocycles. The molecule has 1 atom stereocenters. The van der Waals surface area contributed by atoms with Crippen molar-refractivity contribution in [2.45, 2.75) is 6.04 Å². The summed E-state index contributed by atoms with van der Waals surface area (Å²) >= 11 is 0. The fourth-order valence-electron chi connectivity index (χ4n) is 1.52. The van der Waals surface area contributed by atoms with Crippen LogP contribution in [0.4, 0.5) is 4.39 Å². The summed E-state index contributed by atoms with van der Waals surface area (Å²) < 4.78 is 18.1. The molecule has 2 rings (SSSR count). The maximum Gasteiger partial charge on any atom is 0.127 e. The highest BCUT2D eigenvalue weighted by atomic mass is 35.5. The van der Waals surface area contributed by atoms with Gasteiger partial charge in [0.2, 0.25) is 0 Å². The molecule has 0 amide bonds. The maximum absolute atomic E-state index is 12.5. The van der Waals surface area contributed by atoms with Crippen molar-refractivity contribution in [1.29, 1.82) is 0 Å². The van der Waals surface area contributed by atoms with E-state index < -0.39 is 12.7 Å². The Kier molecular flexibility index (Phi) is 5.62. The van der Waals surface area contributed by atoms with Crippen LogP contribution in [0, 0.1) is 0 Å². The van der Waals surface area contributed by atoms with Gasteiger partial charge in [-0.05, 0) is 29.8 Å². The van der Waals surface area contributed by atoms with Crippen LogP contribution in [0.5, 0.6) is 11.5 Å². The monoisotopic (exact) mass is 267 g/mol. The fourth-order valence-corrected chi connectivity index (χ4v) is 1.52. The molecule has 4 heteroatoms. The van der Waals surface area contributed by atoms with Crippen molar-refractivity contribution in [3.63, 3.8) is 0 Å². The van der Waals surface area contributed by atoms with Gasteiger partial charge in [0.15, 0.2) is 0 Å². The topological polar surface area (TPSA) is 35.2 Å². The van der Waals surface area contributed by atoms with Gasteiger partial charge in [0.05, 0.1) is 6.04 Å². The number of hydrogen-bond acceptors (Lipinski definition) is 2. The number of alkyl halides is 1. The highest BCUT2D eigenvalue weighted by Crippen LogP contribution is 2.23. The summed E-state index contributed by atoms with van der Waals surface area (Å²) in [5.74, 6) is 1.41. The van der Waals surface area contributed by atoms with Crippen LogP contribution in [0.1, 0.15) is 11.6 Å². The second kappa shape index (κ2) is 6.99. The lowest BCUT2D eigenvalue weighted by molar-refractivity contribution is 0.434. The number of nitrogens with two attached hydrogens (primary N) is 1. The summed E-state index contributed by atoms with van der Waals surface area (Å²) in [5, 5.41) is 0. The minimum absolute atomic E-state index is 0. The zero-order valence-corrected chi connectivity index (χ0v) is 10.6. The van der Waals surface area contributed by atoms with Crippen LogP contribution in [-0.2, 0) is 0 Å². The van der Waals surface area contributed by atoms with Gasteiger partial charge in [-0.25, -0.2) is 4.39 Å². The first-order chi connectivity index (χ1) is 8.29. The van der Waals surface area contributed by atoms with Crippen molar-refractivity contribution in [2.24, 2.45) is 5.73 Å². The Balaban J connectivity index is 0.00000162. The van der Waals surface area contributed by atoms with Gasteiger partial charge in [-0.2, -0.15) is 0 Å². The van der Waals surface area contributed by atoms with Crippen LogP contribution in [0.3, 0.4) is 0 Å². The maximum atomic E-state index is 12.5. The molecule has 0 bridgehead atoms. The lowest BCUT2D eigenvalue weighted by Gasteiger charge is -2.10. The van der Waals surface area contributed by atoms with Crippen molar-refractivity contribution in [3.8, 4) is 11.5 Å². The number of halogens is 2. The molecule has 0 radical (unpaired) electrons. The van der Waals surface area contributed by atoms with Gasteiger partial charge in [0.25, 0.3) is 0 Å². The molecule has 2 nitrogen and oxygen atoms in total. The highest BCUT2D eigenvalue weighted by molar-refractivity contribution is 5.85. The third kappa shape index (κ3) is 3.72. The molecule has 0 saturated carbocycles. The van der Waals surface area contributed by atoms with Crippen molar-refractivity contribution < 1.29 is 9.13 Å². The lowest BCUT2D eigenvalue weighted by atomic mass is 10.1. The lowest BCUT2D eigenvalue weighted by Crippen LogP contribution is -2.11. The molecule has 0 aromatic heterocycles. The first-order valence-corrected chi connectivity index (χ1v) is 5.44. The van der Waals surface area contributed by atoms with E-state index in [1.54, 1.807) is 12.1 Å². The number of rotatable bonds is 4. The second-order valence-electron chi connectivity index (χ2n) is 3.75. The number of benzene rings is 2. The summed E-state index contributed by atoms with van der Waals surface area (Å²) in [7, 11) is 0. The Morgan fingerprint density at radius 3 is 2.33 bits per heavy atom. The zero-order valence-electron chi connectivity index (χ0n) is 9.75. The molecule has 0 spiro atoms. The Hall–Kier alpha value is -1.58. The van der Waals surface area contributed by atoms with E-state index in [9.17, 15) is 4.39 Å². The SMILES string of the molecule is Cl.N[C@H](CF)c1cccc(Oc2ccccc2)c1. The van der Waals surface area contributed by atoms with Crippen molar-refractivity contribution in [2.75, 3.05) is 6.67 Å². The molecule has 0 saturated heterocycles. The molecule has 0 unspecified atom stereocenters. The number of hydrogen-bond donors (Lipinski definition) is 1. The van der Waals surface area contributed by atoms with Gasteiger partial charge in [-0.1, -0.05) is 30.3 Å². The van der Waals surface area contributed by atoms with E-state index in [1.165, 1.54) is 0 Å². The molecule has 2 N–H and O–H groups in total. The van der Waals surface area contributed by atoms with Gasteiger partial charge in [-0.15, -0.1) is 12.4 Å². The van der Waals surface area contributed by atoms with Crippen LogP contribution >= 0.6 is 12.4 Å². The molecule has 0 heterocycles. The first kappa shape index (κ1) is 14.5. The van der Waals surface area contributed by atoms with Crippen LogP contribution in [0.15, 0.2) is 54.6 Å². The van der Waals surface area contributed by atoms with Crippen LogP contribution in [0.2, 0.25) is 0 Å². The van der Waals surface area contributed by atoms with Crippen LogP contribution in [-0.4, -0.2) is 6.67 Å². The van der Waals surface area contributed by atoms with Crippen LogP contribution < -0.4 is 10.5 Å². The van der Waals surface area contributed by atoms with Crippen molar-refractivity contribution >= 4 is 12.4 Å². The molecule has 0 aliphatic carbocycles. The Morgan fingerprint density at radius 2 is 1.67 bits per heavy atom. The van der Waals surface area contributed by atoms with Gasteiger partial charge < -0.3 is 10.5 Å². The highest BCUT2D eigenvalue weighted by Gasteiger charge is 2.06. The molecular formula is C14H15ClFNO. The normalized spacial score (nSPS) is 11.4. The summed E-state index contributed by atoms with van der Waals surface area (Å²) in [5.41, 5.74) is 6.36. The zero-order chi connectivity index (χ0) is 12.1. The molecular weight excluding hydrogens is 253 g/mol. The van der Waals surface area contributed by atoms with Gasteiger partial charge in [0, 0.05) is 0 Å². The van der Waals surface area contributed by atoms with E-state index in [-0.39, 0.29) is 12.4 Å². The summed E-state index contributed by atoms with van der Waals surface area (Å²) in [6, 6.07) is 16.0. The Bertz CT molecular complexity index is 478. The minimum atomic E-state index is -0.589. The predicted octanol–water partition coefficient (Wildman–Crippen LogP) is 3.87. The van der Waals surface area contributed by atoms with E-state index in [4.69, 9.17) is 10.5 Å². The van der Waals surface area contributed by atoms with Gasteiger partial charge in [0.1, 0.15) is 18.2 Å². The van der Waals surface area contributed by atoms with Crippen LogP contribution in [0.25, 0.3) is 0 Å². The second-order valence-corrected chi connectivity index (χ2v) is 3.75. The summed E-state index contributed by atoms with van der Waals surface area (Å²) in [4.78, 5) is 0. The smallest absolute Gasteiger partial charge is 0.127 e. The Morgan fingerprint density at radius 1 is 1.00 bits per heavy atom. The van der Waals surface area contributed by atoms with Gasteiger partial charge >= 0.3 is 0 Å². The molecule has 2 aromatic rings. The third-order valence-corrected chi connectivity index (χ3v) is 2.43. The van der Waals surface area contributed by atoms with Crippen molar-refractivity contribution in [1.82, 2.24) is 0 Å². The van der Waals surface area contributed by atoms with Crippen molar-refractivity contribution in [3.05, 3.63) is 60.2 Å². The average Bonchev–Trinajstić information content (AvgIpc) is 2.39. The van der Waals surface area contributed by atoms with E-state index in [0.717, 1.165) is 11.3 Å². The predicted molar refractivity (Wildman–Crippen MR) is 73.1 cm³/mol. The van der Waals surface area contributed by atoms with E-state index in [1.807, 2.05) is 42.5 Å². The largest absolute Gasteiger partial charge is 0.457 e. The molecule has 18 heavy (non-hydrogen) atoms. The third-order valence-electron chi connectivity index (χ3n) is 2.43.